The van der Waals surface area contributed by atoms with Crippen molar-refractivity contribution in [3.05, 3.63) is 48.0 Å². The molecule has 0 fully saturated rings. The quantitative estimate of drug-likeness (QED) is 0.825. The van der Waals surface area contributed by atoms with E-state index in [0.29, 0.717) is 0 Å². The largest absolute Gasteiger partial charge is 0.395 e. The molecular weight excluding hydrogens is 210 g/mol. The van der Waals surface area contributed by atoms with Crippen molar-refractivity contribution in [1.29, 1.82) is 0 Å². The van der Waals surface area contributed by atoms with Gasteiger partial charge < -0.3 is 10.4 Å². The number of rotatable bonds is 5. The van der Waals surface area contributed by atoms with Crippen LogP contribution in [0.2, 0.25) is 0 Å². The highest BCUT2D eigenvalue weighted by Crippen LogP contribution is 2.18. The molecule has 0 amide bonds. The molecule has 0 saturated heterocycles. The van der Waals surface area contributed by atoms with Crippen LogP contribution < -0.4 is 5.32 Å². The van der Waals surface area contributed by atoms with Crippen molar-refractivity contribution in [2.45, 2.75) is 19.4 Å². The maximum atomic E-state index is 8.94. The first kappa shape index (κ1) is 12.1. The molecule has 0 aliphatic carbocycles. The van der Waals surface area contributed by atoms with Gasteiger partial charge in [-0.3, -0.25) is 0 Å². The molecule has 0 bridgehead atoms. The zero-order valence-electron chi connectivity index (χ0n) is 10.2. The summed E-state index contributed by atoms with van der Waals surface area (Å²) in [6.07, 6.45) is 0.992. The van der Waals surface area contributed by atoms with E-state index in [1.54, 1.807) is 0 Å². The van der Waals surface area contributed by atoms with Crippen molar-refractivity contribution < 1.29 is 5.11 Å². The first-order chi connectivity index (χ1) is 8.31. The second-order valence-corrected chi connectivity index (χ2v) is 4.43. The summed E-state index contributed by atoms with van der Waals surface area (Å²) in [4.78, 5) is 0. The van der Waals surface area contributed by atoms with E-state index in [0.717, 1.165) is 13.0 Å². The van der Waals surface area contributed by atoms with Gasteiger partial charge in [-0.15, -0.1) is 0 Å². The van der Waals surface area contributed by atoms with Gasteiger partial charge in [0.1, 0.15) is 0 Å². The molecule has 90 valence electrons. The third-order valence-electron chi connectivity index (χ3n) is 3.04. The maximum Gasteiger partial charge on any atom is 0.0581 e. The third kappa shape index (κ3) is 3.05. The smallest absolute Gasteiger partial charge is 0.0581 e. The third-order valence-corrected chi connectivity index (χ3v) is 3.04. The summed E-state index contributed by atoms with van der Waals surface area (Å²) in [5.74, 6) is 0. The van der Waals surface area contributed by atoms with Crippen LogP contribution in [0.1, 0.15) is 12.5 Å². The van der Waals surface area contributed by atoms with Crippen LogP contribution in [0.5, 0.6) is 0 Å². The summed E-state index contributed by atoms with van der Waals surface area (Å²) in [5.41, 5.74) is 1.36. The van der Waals surface area contributed by atoms with E-state index in [1.807, 2.05) is 6.92 Å². The second-order valence-electron chi connectivity index (χ2n) is 4.43. The molecule has 2 aromatic rings. The topological polar surface area (TPSA) is 32.3 Å². The molecule has 0 aromatic heterocycles. The van der Waals surface area contributed by atoms with E-state index in [1.165, 1.54) is 16.3 Å². The Morgan fingerprint density at radius 1 is 1.12 bits per heavy atom. The lowest BCUT2D eigenvalue weighted by atomic mass is 10.0. The number of hydrogen-bond acceptors (Lipinski definition) is 2. The van der Waals surface area contributed by atoms with Gasteiger partial charge in [-0.1, -0.05) is 42.5 Å². The SMILES string of the molecule is CC(CO)NCCc1cccc2ccccc12. The molecule has 2 N–H and O–H groups in total. The van der Waals surface area contributed by atoms with E-state index in [4.69, 9.17) is 5.11 Å². The van der Waals surface area contributed by atoms with Crippen LogP contribution in [0.25, 0.3) is 10.8 Å². The Hall–Kier alpha value is -1.38. The maximum absolute atomic E-state index is 8.94. The van der Waals surface area contributed by atoms with Gasteiger partial charge >= 0.3 is 0 Å². The normalized spacial score (nSPS) is 12.8. The Kier molecular flexibility index (Phi) is 4.13. The van der Waals surface area contributed by atoms with Crippen molar-refractivity contribution in [2.75, 3.05) is 13.2 Å². The van der Waals surface area contributed by atoms with Gasteiger partial charge in [0.25, 0.3) is 0 Å². The molecule has 0 aliphatic rings. The van der Waals surface area contributed by atoms with Gasteiger partial charge in [0.15, 0.2) is 0 Å². The summed E-state index contributed by atoms with van der Waals surface area (Å²) in [6, 6.07) is 15.0. The number of aliphatic hydroxyl groups is 1. The highest BCUT2D eigenvalue weighted by atomic mass is 16.3. The van der Waals surface area contributed by atoms with Crippen LogP contribution in [-0.2, 0) is 6.42 Å². The van der Waals surface area contributed by atoms with E-state index < -0.39 is 0 Å². The monoisotopic (exact) mass is 229 g/mol. The zero-order chi connectivity index (χ0) is 12.1. The molecular formula is C15H19NO. The van der Waals surface area contributed by atoms with Gasteiger partial charge in [-0.25, -0.2) is 0 Å². The van der Waals surface area contributed by atoms with Gasteiger partial charge in [0.05, 0.1) is 6.61 Å². The number of fused-ring (bicyclic) bond motifs is 1. The number of hydrogen-bond donors (Lipinski definition) is 2. The summed E-state index contributed by atoms with van der Waals surface area (Å²) in [5, 5.41) is 14.9. The Bertz CT molecular complexity index is 476. The van der Waals surface area contributed by atoms with Crippen LogP contribution in [0, 0.1) is 0 Å². The number of benzene rings is 2. The van der Waals surface area contributed by atoms with Gasteiger partial charge in [0, 0.05) is 6.04 Å². The molecule has 0 spiro atoms. The molecule has 0 aliphatic heterocycles. The number of aliphatic hydroxyl groups excluding tert-OH is 1. The first-order valence-electron chi connectivity index (χ1n) is 6.12. The van der Waals surface area contributed by atoms with Crippen molar-refractivity contribution >= 4 is 10.8 Å². The summed E-state index contributed by atoms with van der Waals surface area (Å²) in [6.45, 7) is 3.08. The van der Waals surface area contributed by atoms with Gasteiger partial charge in [-0.2, -0.15) is 0 Å². The lowest BCUT2D eigenvalue weighted by Gasteiger charge is -2.11. The fourth-order valence-electron chi connectivity index (χ4n) is 2.03. The summed E-state index contributed by atoms with van der Waals surface area (Å²) >= 11 is 0. The van der Waals surface area contributed by atoms with Crippen molar-refractivity contribution in [1.82, 2.24) is 5.32 Å². The second kappa shape index (κ2) is 5.80. The molecule has 2 nitrogen and oxygen atoms in total. The molecule has 2 aromatic carbocycles. The first-order valence-corrected chi connectivity index (χ1v) is 6.12. The summed E-state index contributed by atoms with van der Waals surface area (Å²) in [7, 11) is 0. The highest BCUT2D eigenvalue weighted by Gasteiger charge is 2.01. The average Bonchev–Trinajstić information content (AvgIpc) is 2.39. The van der Waals surface area contributed by atoms with Crippen LogP contribution >= 0.6 is 0 Å². The minimum atomic E-state index is 0.171. The van der Waals surface area contributed by atoms with Crippen LogP contribution in [0.4, 0.5) is 0 Å². The van der Waals surface area contributed by atoms with Crippen molar-refractivity contribution in [2.24, 2.45) is 0 Å². The molecule has 17 heavy (non-hydrogen) atoms. The Balaban J connectivity index is 2.08. The molecule has 1 atom stereocenters. The fraction of sp³-hybridized carbons (Fsp3) is 0.333. The highest BCUT2D eigenvalue weighted by molar-refractivity contribution is 5.85. The predicted octanol–water partition coefficient (Wildman–Crippen LogP) is 2.35. The van der Waals surface area contributed by atoms with Crippen molar-refractivity contribution in [3.8, 4) is 0 Å². The lowest BCUT2D eigenvalue weighted by Crippen LogP contribution is -2.30. The minimum Gasteiger partial charge on any atom is -0.395 e. The number of nitrogens with one attached hydrogen (secondary N) is 1. The lowest BCUT2D eigenvalue weighted by molar-refractivity contribution is 0.252. The predicted molar refractivity (Wildman–Crippen MR) is 72.2 cm³/mol. The van der Waals surface area contributed by atoms with Crippen LogP contribution in [-0.4, -0.2) is 24.3 Å². The molecule has 1 unspecified atom stereocenters. The van der Waals surface area contributed by atoms with E-state index in [-0.39, 0.29) is 12.6 Å². The minimum absolute atomic E-state index is 0.171. The molecule has 2 heteroatoms. The molecule has 2 rings (SSSR count). The Morgan fingerprint density at radius 2 is 1.88 bits per heavy atom. The van der Waals surface area contributed by atoms with Crippen LogP contribution in [0.3, 0.4) is 0 Å². The molecule has 0 radical (unpaired) electrons. The van der Waals surface area contributed by atoms with E-state index in [2.05, 4.69) is 47.8 Å². The Labute approximate surface area is 102 Å². The van der Waals surface area contributed by atoms with Gasteiger partial charge in [0.2, 0.25) is 0 Å². The van der Waals surface area contributed by atoms with Crippen molar-refractivity contribution in [3.63, 3.8) is 0 Å². The van der Waals surface area contributed by atoms with Crippen LogP contribution in [0.15, 0.2) is 42.5 Å². The van der Waals surface area contributed by atoms with E-state index in [9.17, 15) is 0 Å². The Morgan fingerprint density at radius 3 is 2.71 bits per heavy atom. The average molecular weight is 229 g/mol. The summed E-state index contributed by atoms with van der Waals surface area (Å²) < 4.78 is 0. The standard InChI is InChI=1S/C15H19NO/c1-12(11-17)16-10-9-14-7-4-6-13-5-2-3-8-15(13)14/h2-8,12,16-17H,9-11H2,1H3. The van der Waals surface area contributed by atoms with E-state index >= 15 is 0 Å². The zero-order valence-corrected chi connectivity index (χ0v) is 10.2. The molecule has 0 saturated carbocycles. The van der Waals surface area contributed by atoms with Gasteiger partial charge in [-0.05, 0) is 36.2 Å². The molecule has 0 heterocycles. The fourth-order valence-corrected chi connectivity index (χ4v) is 2.03.